The summed E-state index contributed by atoms with van der Waals surface area (Å²) in [6.45, 7) is 7.75. The number of fused-ring (bicyclic) bond motifs is 1. The highest BCUT2D eigenvalue weighted by atomic mass is 16.2. The van der Waals surface area contributed by atoms with Gasteiger partial charge in [0.1, 0.15) is 17.3 Å². The number of nitrogens with zero attached hydrogens (tertiary/aromatic N) is 8. The van der Waals surface area contributed by atoms with Crippen LogP contribution in [-0.4, -0.2) is 83.0 Å². The van der Waals surface area contributed by atoms with Crippen molar-refractivity contribution < 1.29 is 4.79 Å². The topological polar surface area (TPSA) is 119 Å². The number of amides is 1. The van der Waals surface area contributed by atoms with E-state index >= 15 is 0 Å². The third kappa shape index (κ3) is 4.98. The maximum Gasteiger partial charge on any atom is 0.272 e. The van der Waals surface area contributed by atoms with E-state index in [1.165, 1.54) is 11.1 Å². The lowest BCUT2D eigenvalue weighted by molar-refractivity contribution is 0.0571. The van der Waals surface area contributed by atoms with Crippen LogP contribution >= 0.6 is 0 Å². The number of aromatic nitrogens is 3. The molecule has 0 bridgehead atoms. The second kappa shape index (κ2) is 10.2. The molecule has 0 spiro atoms. The van der Waals surface area contributed by atoms with Crippen molar-refractivity contribution in [2.75, 3.05) is 61.8 Å². The number of pyridine rings is 1. The number of likely N-dealkylation sites (tertiary alicyclic amines) is 1. The Labute approximate surface area is 228 Å². The number of anilines is 3. The molecule has 2 N–H and O–H groups in total. The van der Waals surface area contributed by atoms with Gasteiger partial charge in [0.05, 0.1) is 12.0 Å². The van der Waals surface area contributed by atoms with Gasteiger partial charge in [0.2, 0.25) is 5.95 Å². The van der Waals surface area contributed by atoms with Gasteiger partial charge in [0.25, 0.3) is 5.91 Å². The highest BCUT2D eigenvalue weighted by Gasteiger charge is 2.32. The third-order valence-electron chi connectivity index (χ3n) is 8.10. The number of piperazine rings is 1. The monoisotopic (exact) mass is 523 g/mol. The first kappa shape index (κ1) is 25.1. The SMILES string of the molecule is CC1Cc2ccc(-c3ccc(C(=O)N4CC(C#N)C4)nc3)cc2CN1c1cc(N2CCN(C)CC2)nc(N)n1. The summed E-state index contributed by atoms with van der Waals surface area (Å²) < 4.78 is 0. The summed E-state index contributed by atoms with van der Waals surface area (Å²) in [6.07, 6.45) is 2.67. The predicted molar refractivity (Wildman–Crippen MR) is 150 cm³/mol. The molecule has 1 unspecified atom stereocenters. The number of carbonyl (C=O) groups is 1. The zero-order valence-corrected chi connectivity index (χ0v) is 22.4. The van der Waals surface area contributed by atoms with Crippen LogP contribution in [0.1, 0.15) is 28.5 Å². The Morgan fingerprint density at radius 3 is 2.46 bits per heavy atom. The maximum atomic E-state index is 12.6. The second-order valence-electron chi connectivity index (χ2n) is 10.9. The van der Waals surface area contributed by atoms with E-state index in [-0.39, 0.29) is 17.9 Å². The zero-order chi connectivity index (χ0) is 27.1. The van der Waals surface area contributed by atoms with E-state index in [1.54, 1.807) is 17.2 Å². The summed E-state index contributed by atoms with van der Waals surface area (Å²) in [5.41, 5.74) is 11.2. The van der Waals surface area contributed by atoms with Crippen molar-refractivity contribution >= 4 is 23.5 Å². The quantitative estimate of drug-likeness (QED) is 0.550. The number of nitrogen functional groups attached to an aromatic ring is 1. The minimum absolute atomic E-state index is 0.0665. The van der Waals surface area contributed by atoms with Gasteiger partial charge in [-0.05, 0) is 49.2 Å². The molecule has 5 heterocycles. The molecule has 1 amide bonds. The Hall–Kier alpha value is -4.23. The number of hydrogen-bond donors (Lipinski definition) is 1. The van der Waals surface area contributed by atoms with Crippen LogP contribution in [-0.2, 0) is 13.0 Å². The fourth-order valence-electron chi connectivity index (χ4n) is 5.59. The van der Waals surface area contributed by atoms with Gasteiger partial charge in [-0.15, -0.1) is 0 Å². The van der Waals surface area contributed by atoms with Crippen LogP contribution in [0.4, 0.5) is 17.6 Å². The molecule has 39 heavy (non-hydrogen) atoms. The van der Waals surface area contributed by atoms with Crippen LogP contribution in [0.15, 0.2) is 42.6 Å². The number of likely N-dealkylation sites (N-methyl/N-ethyl adjacent to an activating group) is 1. The smallest absolute Gasteiger partial charge is 0.272 e. The molecule has 0 aliphatic carbocycles. The van der Waals surface area contributed by atoms with Gasteiger partial charge in [-0.3, -0.25) is 9.78 Å². The molecule has 0 saturated carbocycles. The number of hydrogen-bond acceptors (Lipinski definition) is 9. The van der Waals surface area contributed by atoms with E-state index in [4.69, 9.17) is 11.0 Å². The molecule has 2 fully saturated rings. The molecule has 3 aromatic rings. The lowest BCUT2D eigenvalue weighted by Crippen LogP contribution is -2.49. The number of nitrogens with two attached hydrogens (primary N) is 1. The average Bonchev–Trinajstić information content (AvgIpc) is 2.92. The second-order valence-corrected chi connectivity index (χ2v) is 10.9. The predicted octanol–water partition coefficient (Wildman–Crippen LogP) is 2.42. The van der Waals surface area contributed by atoms with Crippen LogP contribution in [0.25, 0.3) is 11.1 Å². The molecule has 3 aliphatic rings. The van der Waals surface area contributed by atoms with Crippen molar-refractivity contribution in [3.05, 3.63) is 59.4 Å². The molecule has 1 atom stereocenters. The van der Waals surface area contributed by atoms with E-state index in [0.717, 1.165) is 61.9 Å². The number of benzene rings is 1. The molecule has 3 aliphatic heterocycles. The molecule has 6 rings (SSSR count). The summed E-state index contributed by atoms with van der Waals surface area (Å²) in [6, 6.07) is 14.8. The minimum Gasteiger partial charge on any atom is -0.368 e. The summed E-state index contributed by atoms with van der Waals surface area (Å²) in [7, 11) is 2.14. The lowest BCUT2D eigenvalue weighted by atomic mass is 9.91. The maximum absolute atomic E-state index is 12.6. The fourth-order valence-corrected chi connectivity index (χ4v) is 5.59. The van der Waals surface area contributed by atoms with Crippen LogP contribution in [0.2, 0.25) is 0 Å². The van der Waals surface area contributed by atoms with Crippen molar-refractivity contribution in [1.29, 1.82) is 5.26 Å². The van der Waals surface area contributed by atoms with Gasteiger partial charge < -0.3 is 25.3 Å². The number of carbonyl (C=O) groups excluding carboxylic acids is 1. The molecule has 2 saturated heterocycles. The highest BCUT2D eigenvalue weighted by Crippen LogP contribution is 2.32. The minimum atomic E-state index is -0.122. The van der Waals surface area contributed by atoms with E-state index in [1.807, 2.05) is 6.07 Å². The van der Waals surface area contributed by atoms with Gasteiger partial charge in [-0.25, -0.2) is 0 Å². The molecule has 0 radical (unpaired) electrons. The molecular weight excluding hydrogens is 490 g/mol. The first-order valence-corrected chi connectivity index (χ1v) is 13.5. The Kier molecular flexibility index (Phi) is 6.53. The van der Waals surface area contributed by atoms with Gasteiger partial charge in [0.15, 0.2) is 0 Å². The standard InChI is InChI=1S/C29H33N9O/c1-19-11-21-3-4-22(23-5-6-25(32-15-23)28(39)37-16-20(14-30)17-37)12-24(21)18-38(19)27-13-26(33-29(31)34-27)36-9-7-35(2)8-10-36/h3-6,12-13,15,19-20H,7-11,16-18H2,1-2H3,(H2,31,33,34). The molecule has 1 aromatic carbocycles. The van der Waals surface area contributed by atoms with Crippen LogP contribution in [0, 0.1) is 17.2 Å². The first-order chi connectivity index (χ1) is 18.9. The Balaban J connectivity index is 1.21. The Morgan fingerprint density at radius 1 is 1.00 bits per heavy atom. The summed E-state index contributed by atoms with van der Waals surface area (Å²) in [4.78, 5) is 34.8. The molecule has 10 nitrogen and oxygen atoms in total. The average molecular weight is 524 g/mol. The van der Waals surface area contributed by atoms with E-state index in [2.05, 4.69) is 74.0 Å². The van der Waals surface area contributed by atoms with Crippen molar-refractivity contribution in [1.82, 2.24) is 24.8 Å². The van der Waals surface area contributed by atoms with Gasteiger partial charge >= 0.3 is 0 Å². The summed E-state index contributed by atoms with van der Waals surface area (Å²) in [5, 5.41) is 8.96. The van der Waals surface area contributed by atoms with Gasteiger partial charge in [-0.2, -0.15) is 15.2 Å². The zero-order valence-electron chi connectivity index (χ0n) is 22.4. The Morgan fingerprint density at radius 2 is 1.74 bits per heavy atom. The summed E-state index contributed by atoms with van der Waals surface area (Å²) >= 11 is 0. The van der Waals surface area contributed by atoms with Crippen LogP contribution in [0.3, 0.4) is 0 Å². The Bertz CT molecular complexity index is 1420. The van der Waals surface area contributed by atoms with Crippen molar-refractivity contribution in [3.8, 4) is 17.2 Å². The number of rotatable bonds is 4. The fraction of sp³-hybridized carbons (Fsp3) is 0.414. The molecule has 2 aromatic heterocycles. The highest BCUT2D eigenvalue weighted by molar-refractivity contribution is 5.93. The van der Waals surface area contributed by atoms with Crippen LogP contribution < -0.4 is 15.5 Å². The molecular formula is C29H33N9O. The third-order valence-corrected chi connectivity index (χ3v) is 8.10. The normalized spacial score (nSPS) is 19.8. The van der Waals surface area contributed by atoms with Crippen molar-refractivity contribution in [3.63, 3.8) is 0 Å². The lowest BCUT2D eigenvalue weighted by Gasteiger charge is -2.37. The molecule has 10 heteroatoms. The van der Waals surface area contributed by atoms with Crippen molar-refractivity contribution in [2.45, 2.75) is 25.9 Å². The van der Waals surface area contributed by atoms with Crippen LogP contribution in [0.5, 0.6) is 0 Å². The van der Waals surface area contributed by atoms with Gasteiger partial charge in [-0.1, -0.05) is 18.2 Å². The van der Waals surface area contributed by atoms with E-state index in [9.17, 15) is 4.79 Å². The number of nitriles is 1. The largest absolute Gasteiger partial charge is 0.368 e. The molecule has 200 valence electrons. The van der Waals surface area contributed by atoms with E-state index in [0.29, 0.717) is 24.7 Å². The van der Waals surface area contributed by atoms with Crippen molar-refractivity contribution in [2.24, 2.45) is 5.92 Å². The first-order valence-electron chi connectivity index (χ1n) is 13.5. The summed E-state index contributed by atoms with van der Waals surface area (Å²) in [5.74, 6) is 1.86. The van der Waals surface area contributed by atoms with Gasteiger partial charge in [0, 0.05) is 69.7 Å². The van der Waals surface area contributed by atoms with E-state index < -0.39 is 0 Å².